The third-order valence-electron chi connectivity index (χ3n) is 3.17. The SMILES string of the molecule is Cc1cc(=O)c2c(O)c(CCC(C)C)c(O)cc2o1. The van der Waals surface area contributed by atoms with Crippen molar-refractivity contribution in [3.8, 4) is 11.5 Å². The molecule has 2 rings (SSSR count). The Kier molecular flexibility index (Phi) is 3.51. The van der Waals surface area contributed by atoms with Crippen LogP contribution in [0.2, 0.25) is 0 Å². The third kappa shape index (κ3) is 2.57. The molecule has 2 aromatic rings. The van der Waals surface area contributed by atoms with Gasteiger partial charge in [-0.25, -0.2) is 0 Å². The smallest absolute Gasteiger partial charge is 0.196 e. The largest absolute Gasteiger partial charge is 0.507 e. The van der Waals surface area contributed by atoms with E-state index in [1.165, 1.54) is 12.1 Å². The molecule has 0 spiro atoms. The number of aryl methyl sites for hydroxylation is 1. The molecule has 0 unspecified atom stereocenters. The molecule has 0 amide bonds. The monoisotopic (exact) mass is 262 g/mol. The van der Waals surface area contributed by atoms with Crippen LogP contribution in [0.25, 0.3) is 11.0 Å². The molecule has 0 atom stereocenters. The Morgan fingerprint density at radius 2 is 1.95 bits per heavy atom. The lowest BCUT2D eigenvalue weighted by Crippen LogP contribution is -2.03. The Morgan fingerprint density at radius 3 is 2.58 bits per heavy atom. The maximum Gasteiger partial charge on any atom is 0.196 e. The van der Waals surface area contributed by atoms with Crippen molar-refractivity contribution < 1.29 is 14.6 Å². The zero-order valence-corrected chi connectivity index (χ0v) is 11.4. The summed E-state index contributed by atoms with van der Waals surface area (Å²) in [6.45, 7) is 5.78. The van der Waals surface area contributed by atoms with Crippen LogP contribution in [0.1, 0.15) is 31.6 Å². The van der Waals surface area contributed by atoms with Crippen LogP contribution in [0.4, 0.5) is 0 Å². The predicted octanol–water partition coefficient (Wildman–Crippen LogP) is 3.10. The molecule has 0 aliphatic carbocycles. The fourth-order valence-corrected chi connectivity index (χ4v) is 2.13. The average molecular weight is 262 g/mol. The van der Waals surface area contributed by atoms with Crippen molar-refractivity contribution in [2.75, 3.05) is 0 Å². The highest BCUT2D eigenvalue weighted by molar-refractivity contribution is 5.86. The molecule has 0 saturated carbocycles. The fraction of sp³-hybridized carbons (Fsp3) is 0.400. The van der Waals surface area contributed by atoms with Gasteiger partial charge in [0.1, 0.15) is 28.2 Å². The van der Waals surface area contributed by atoms with E-state index >= 15 is 0 Å². The van der Waals surface area contributed by atoms with Crippen molar-refractivity contribution in [1.82, 2.24) is 0 Å². The van der Waals surface area contributed by atoms with Crippen LogP contribution in [0.3, 0.4) is 0 Å². The van der Waals surface area contributed by atoms with Gasteiger partial charge in [0.2, 0.25) is 0 Å². The molecule has 0 bridgehead atoms. The first-order valence-electron chi connectivity index (χ1n) is 6.38. The lowest BCUT2D eigenvalue weighted by atomic mass is 9.99. The number of phenols is 2. The molecule has 0 fully saturated rings. The number of rotatable bonds is 3. The molecule has 0 aliphatic heterocycles. The van der Waals surface area contributed by atoms with Crippen LogP contribution in [-0.4, -0.2) is 10.2 Å². The Labute approximate surface area is 111 Å². The second kappa shape index (κ2) is 4.96. The second-order valence-corrected chi connectivity index (χ2v) is 5.25. The first kappa shape index (κ1) is 13.5. The van der Waals surface area contributed by atoms with Crippen LogP contribution in [0.5, 0.6) is 11.5 Å². The summed E-state index contributed by atoms with van der Waals surface area (Å²) in [5, 5.41) is 20.3. The molecular formula is C15H18O4. The van der Waals surface area contributed by atoms with E-state index in [4.69, 9.17) is 4.42 Å². The summed E-state index contributed by atoms with van der Waals surface area (Å²) in [5.41, 5.74) is 0.340. The molecular weight excluding hydrogens is 244 g/mol. The lowest BCUT2D eigenvalue weighted by molar-refractivity contribution is 0.433. The summed E-state index contributed by atoms with van der Waals surface area (Å²) in [6, 6.07) is 2.74. The highest BCUT2D eigenvalue weighted by Crippen LogP contribution is 2.35. The van der Waals surface area contributed by atoms with Gasteiger partial charge in [-0.2, -0.15) is 0 Å². The second-order valence-electron chi connectivity index (χ2n) is 5.25. The van der Waals surface area contributed by atoms with Gasteiger partial charge in [-0.05, 0) is 25.7 Å². The first-order valence-corrected chi connectivity index (χ1v) is 6.38. The molecule has 4 nitrogen and oxygen atoms in total. The lowest BCUT2D eigenvalue weighted by Gasteiger charge is -2.11. The minimum Gasteiger partial charge on any atom is -0.507 e. The van der Waals surface area contributed by atoms with Crippen LogP contribution < -0.4 is 5.43 Å². The van der Waals surface area contributed by atoms with Gasteiger partial charge in [-0.3, -0.25) is 4.79 Å². The number of hydrogen-bond donors (Lipinski definition) is 2. The predicted molar refractivity (Wildman–Crippen MR) is 73.7 cm³/mol. The zero-order valence-electron chi connectivity index (χ0n) is 11.4. The number of phenolic OH excluding ortho intramolecular Hbond substituents is 2. The minimum absolute atomic E-state index is 0.0283. The fourth-order valence-electron chi connectivity index (χ4n) is 2.13. The standard InChI is InChI=1S/C15H18O4/c1-8(2)4-5-10-11(16)7-13-14(15(10)18)12(17)6-9(3)19-13/h6-8,16,18H,4-5H2,1-3H3. The van der Waals surface area contributed by atoms with Crippen molar-refractivity contribution in [2.24, 2.45) is 5.92 Å². The van der Waals surface area contributed by atoms with Crippen LogP contribution in [-0.2, 0) is 6.42 Å². The quantitative estimate of drug-likeness (QED) is 0.891. The zero-order chi connectivity index (χ0) is 14.2. The maximum atomic E-state index is 11.9. The van der Waals surface area contributed by atoms with Gasteiger partial charge in [0.05, 0.1) is 0 Å². The van der Waals surface area contributed by atoms with Crippen LogP contribution in [0, 0.1) is 12.8 Å². The van der Waals surface area contributed by atoms with Gasteiger partial charge in [0.15, 0.2) is 5.43 Å². The van der Waals surface area contributed by atoms with Gasteiger partial charge in [-0.15, -0.1) is 0 Å². The van der Waals surface area contributed by atoms with E-state index in [9.17, 15) is 15.0 Å². The molecule has 0 saturated heterocycles. The summed E-state index contributed by atoms with van der Waals surface area (Å²) in [7, 11) is 0. The van der Waals surface area contributed by atoms with E-state index in [2.05, 4.69) is 13.8 Å². The Bertz CT molecular complexity index is 668. The molecule has 2 N–H and O–H groups in total. The van der Waals surface area contributed by atoms with E-state index in [1.807, 2.05) is 0 Å². The van der Waals surface area contributed by atoms with Crippen molar-refractivity contribution in [3.05, 3.63) is 33.7 Å². The molecule has 4 heteroatoms. The molecule has 19 heavy (non-hydrogen) atoms. The average Bonchev–Trinajstić information content (AvgIpc) is 2.26. The number of fused-ring (bicyclic) bond motifs is 1. The highest BCUT2D eigenvalue weighted by Gasteiger charge is 2.16. The number of aromatic hydroxyl groups is 2. The topological polar surface area (TPSA) is 70.7 Å². The molecule has 1 aromatic carbocycles. The van der Waals surface area contributed by atoms with Crippen molar-refractivity contribution in [3.63, 3.8) is 0 Å². The van der Waals surface area contributed by atoms with E-state index in [0.717, 1.165) is 6.42 Å². The normalized spacial score (nSPS) is 11.4. The highest BCUT2D eigenvalue weighted by atomic mass is 16.3. The molecule has 1 heterocycles. The summed E-state index contributed by atoms with van der Waals surface area (Å²) in [5.74, 6) is 0.707. The van der Waals surface area contributed by atoms with Gasteiger partial charge in [0, 0.05) is 17.7 Å². The van der Waals surface area contributed by atoms with E-state index in [-0.39, 0.29) is 27.9 Å². The van der Waals surface area contributed by atoms with Gasteiger partial charge in [0.25, 0.3) is 0 Å². The van der Waals surface area contributed by atoms with E-state index < -0.39 is 0 Å². The first-order chi connectivity index (χ1) is 8.90. The minimum atomic E-state index is -0.290. The summed E-state index contributed by atoms with van der Waals surface area (Å²) in [6.07, 6.45) is 1.35. The van der Waals surface area contributed by atoms with Crippen LogP contribution in [0.15, 0.2) is 21.3 Å². The summed E-state index contributed by atoms with van der Waals surface area (Å²) < 4.78 is 5.36. The molecule has 1 aromatic heterocycles. The molecule has 102 valence electrons. The van der Waals surface area contributed by atoms with Gasteiger partial charge < -0.3 is 14.6 Å². The molecule has 0 radical (unpaired) electrons. The van der Waals surface area contributed by atoms with E-state index in [0.29, 0.717) is 23.7 Å². The van der Waals surface area contributed by atoms with Crippen molar-refractivity contribution in [2.45, 2.75) is 33.6 Å². The third-order valence-corrected chi connectivity index (χ3v) is 3.17. The number of hydrogen-bond acceptors (Lipinski definition) is 4. The Morgan fingerprint density at radius 1 is 1.26 bits per heavy atom. The van der Waals surface area contributed by atoms with Crippen LogP contribution >= 0.6 is 0 Å². The molecule has 0 aliphatic rings. The summed E-state index contributed by atoms with van der Waals surface area (Å²) >= 11 is 0. The number of benzene rings is 1. The van der Waals surface area contributed by atoms with Gasteiger partial charge in [-0.1, -0.05) is 13.8 Å². The van der Waals surface area contributed by atoms with Crippen molar-refractivity contribution >= 4 is 11.0 Å². The Hall–Kier alpha value is -1.97. The maximum absolute atomic E-state index is 11.9. The Balaban J connectivity index is 2.64. The van der Waals surface area contributed by atoms with E-state index in [1.54, 1.807) is 6.92 Å². The van der Waals surface area contributed by atoms with Crippen molar-refractivity contribution in [1.29, 1.82) is 0 Å². The van der Waals surface area contributed by atoms with Gasteiger partial charge >= 0.3 is 0 Å². The summed E-state index contributed by atoms with van der Waals surface area (Å²) in [4.78, 5) is 11.9.